The largest absolute Gasteiger partial charge is 0.459 e. The van der Waals surface area contributed by atoms with Gasteiger partial charge in [0.25, 0.3) is 11.8 Å². The highest BCUT2D eigenvalue weighted by Crippen LogP contribution is 2.24. The van der Waals surface area contributed by atoms with Gasteiger partial charge in [0.05, 0.1) is 0 Å². The van der Waals surface area contributed by atoms with E-state index < -0.39 is 24.0 Å². The number of esters is 2. The number of hydrogen-bond donors (Lipinski definition) is 0. The third-order valence-electron chi connectivity index (χ3n) is 7.40. The lowest BCUT2D eigenvalue weighted by Gasteiger charge is -2.24. The number of carbonyl (C=O) groups is 4. The summed E-state index contributed by atoms with van der Waals surface area (Å²) < 4.78 is 11.0. The van der Waals surface area contributed by atoms with Crippen molar-refractivity contribution in [3.63, 3.8) is 0 Å². The molecule has 0 N–H and O–H groups in total. The highest BCUT2D eigenvalue weighted by molar-refractivity contribution is 6.00. The summed E-state index contributed by atoms with van der Waals surface area (Å²) in [6.07, 6.45) is 2.52. The molecular weight excluding hydrogens is 508 g/mol. The van der Waals surface area contributed by atoms with E-state index in [1.807, 2.05) is 60.7 Å². The molecule has 0 unspecified atom stereocenters. The SMILES string of the molecule is O=C(OCc1ccccc1)[C@H]1CCCN1C(=O)c1ccc(C(=O)N2CCC[C@@H]2C(=O)OCc2ccccc2)cc1. The van der Waals surface area contributed by atoms with Crippen molar-refractivity contribution in [3.05, 3.63) is 107 Å². The van der Waals surface area contributed by atoms with Crippen molar-refractivity contribution >= 4 is 23.8 Å². The second-order valence-corrected chi connectivity index (χ2v) is 10.1. The zero-order chi connectivity index (χ0) is 27.9. The van der Waals surface area contributed by atoms with Gasteiger partial charge in [0.1, 0.15) is 25.3 Å². The lowest BCUT2D eigenvalue weighted by molar-refractivity contribution is -0.150. The Labute approximate surface area is 233 Å². The lowest BCUT2D eigenvalue weighted by atomic mass is 10.1. The molecule has 2 saturated heterocycles. The van der Waals surface area contributed by atoms with Crippen LogP contribution in [0.25, 0.3) is 0 Å². The molecular formula is C32H32N2O6. The van der Waals surface area contributed by atoms with Crippen LogP contribution in [-0.4, -0.2) is 58.7 Å². The van der Waals surface area contributed by atoms with Crippen LogP contribution >= 0.6 is 0 Å². The number of nitrogens with zero attached hydrogens (tertiary/aromatic N) is 2. The molecule has 3 aromatic carbocycles. The normalized spacial score (nSPS) is 18.4. The van der Waals surface area contributed by atoms with Crippen LogP contribution in [0.15, 0.2) is 84.9 Å². The van der Waals surface area contributed by atoms with Crippen LogP contribution in [0.3, 0.4) is 0 Å². The highest BCUT2D eigenvalue weighted by atomic mass is 16.5. The molecule has 0 aliphatic carbocycles. The van der Waals surface area contributed by atoms with E-state index in [1.165, 1.54) is 0 Å². The number of benzene rings is 3. The monoisotopic (exact) mass is 540 g/mol. The zero-order valence-electron chi connectivity index (χ0n) is 22.2. The summed E-state index contributed by atoms with van der Waals surface area (Å²) >= 11 is 0. The number of carbonyl (C=O) groups excluding carboxylic acids is 4. The van der Waals surface area contributed by atoms with Crippen LogP contribution in [0.1, 0.15) is 57.5 Å². The fraction of sp³-hybridized carbons (Fsp3) is 0.312. The summed E-state index contributed by atoms with van der Waals surface area (Å²) in [7, 11) is 0. The van der Waals surface area contributed by atoms with Crippen molar-refractivity contribution in [1.29, 1.82) is 0 Å². The van der Waals surface area contributed by atoms with Gasteiger partial charge in [0.2, 0.25) is 0 Å². The average Bonchev–Trinajstić information content (AvgIpc) is 3.70. The Morgan fingerprint density at radius 3 is 1.32 bits per heavy atom. The Bertz CT molecular complexity index is 1240. The third kappa shape index (κ3) is 6.22. The molecule has 2 heterocycles. The first-order valence-electron chi connectivity index (χ1n) is 13.6. The molecule has 5 rings (SSSR count). The first-order valence-corrected chi connectivity index (χ1v) is 13.6. The molecule has 0 radical (unpaired) electrons. The van der Waals surface area contributed by atoms with Gasteiger partial charge < -0.3 is 19.3 Å². The Morgan fingerprint density at radius 1 is 0.575 bits per heavy atom. The van der Waals surface area contributed by atoms with Crippen molar-refractivity contribution < 1.29 is 28.7 Å². The number of rotatable bonds is 8. The van der Waals surface area contributed by atoms with Gasteiger partial charge in [-0.2, -0.15) is 0 Å². The molecule has 0 bridgehead atoms. The summed E-state index contributed by atoms with van der Waals surface area (Å²) in [5.74, 6) is -1.38. The molecule has 2 amide bonds. The highest BCUT2D eigenvalue weighted by Gasteiger charge is 2.37. The van der Waals surface area contributed by atoms with Crippen LogP contribution in [-0.2, 0) is 32.3 Å². The molecule has 3 aromatic rings. The van der Waals surface area contributed by atoms with Crippen LogP contribution in [0.5, 0.6) is 0 Å². The second kappa shape index (κ2) is 12.6. The molecule has 0 saturated carbocycles. The lowest BCUT2D eigenvalue weighted by Crippen LogP contribution is -2.42. The van der Waals surface area contributed by atoms with E-state index in [0.717, 1.165) is 11.1 Å². The minimum Gasteiger partial charge on any atom is -0.459 e. The maximum absolute atomic E-state index is 13.3. The van der Waals surface area contributed by atoms with Crippen LogP contribution in [0, 0.1) is 0 Å². The van der Waals surface area contributed by atoms with Crippen molar-refractivity contribution in [1.82, 2.24) is 9.80 Å². The van der Waals surface area contributed by atoms with Gasteiger partial charge in [-0.25, -0.2) is 9.59 Å². The third-order valence-corrected chi connectivity index (χ3v) is 7.40. The number of ether oxygens (including phenoxy) is 2. The predicted molar refractivity (Wildman–Crippen MR) is 147 cm³/mol. The standard InChI is InChI=1S/C32H32N2O6/c35-29(33-19-7-13-27(33)31(37)39-21-23-9-3-1-4-10-23)25-15-17-26(18-16-25)30(36)34-20-8-14-28(34)32(38)40-22-24-11-5-2-6-12-24/h1-6,9-12,15-18,27-28H,7-8,13-14,19-22H2/t27-,28-/m1/s1. The summed E-state index contributed by atoms with van der Waals surface area (Å²) in [4.78, 5) is 55.1. The molecule has 0 spiro atoms. The maximum Gasteiger partial charge on any atom is 0.329 e. The van der Waals surface area contributed by atoms with Gasteiger partial charge in [0, 0.05) is 24.2 Å². The van der Waals surface area contributed by atoms with E-state index in [4.69, 9.17) is 9.47 Å². The first-order chi connectivity index (χ1) is 19.5. The molecule has 40 heavy (non-hydrogen) atoms. The van der Waals surface area contributed by atoms with Gasteiger partial charge in [0.15, 0.2) is 0 Å². The Kier molecular flexibility index (Phi) is 8.54. The predicted octanol–water partition coefficient (Wildman–Crippen LogP) is 4.38. The van der Waals surface area contributed by atoms with Crippen molar-refractivity contribution in [2.75, 3.05) is 13.1 Å². The van der Waals surface area contributed by atoms with Crippen LogP contribution in [0.4, 0.5) is 0 Å². The van der Waals surface area contributed by atoms with E-state index in [9.17, 15) is 19.2 Å². The molecule has 2 aliphatic heterocycles. The molecule has 0 aromatic heterocycles. The molecule has 2 atom stereocenters. The van der Waals surface area contributed by atoms with E-state index in [-0.39, 0.29) is 25.0 Å². The number of amides is 2. The van der Waals surface area contributed by atoms with Gasteiger partial charge in [-0.3, -0.25) is 9.59 Å². The summed E-state index contributed by atoms with van der Waals surface area (Å²) in [5.41, 5.74) is 2.55. The van der Waals surface area contributed by atoms with Crippen LogP contribution in [0.2, 0.25) is 0 Å². The Morgan fingerprint density at radius 2 is 0.950 bits per heavy atom. The minimum atomic E-state index is -0.634. The van der Waals surface area contributed by atoms with E-state index in [0.29, 0.717) is 49.9 Å². The molecule has 8 nitrogen and oxygen atoms in total. The van der Waals surface area contributed by atoms with Gasteiger partial charge >= 0.3 is 11.9 Å². The maximum atomic E-state index is 13.3. The van der Waals surface area contributed by atoms with Crippen molar-refractivity contribution in [2.24, 2.45) is 0 Å². The fourth-order valence-corrected chi connectivity index (χ4v) is 5.25. The second-order valence-electron chi connectivity index (χ2n) is 10.1. The average molecular weight is 541 g/mol. The van der Waals surface area contributed by atoms with Crippen LogP contribution < -0.4 is 0 Å². The summed E-state index contributed by atoms with van der Waals surface area (Å²) in [5, 5.41) is 0. The topological polar surface area (TPSA) is 93.2 Å². The Hall–Kier alpha value is -4.46. The molecule has 8 heteroatoms. The van der Waals surface area contributed by atoms with E-state index >= 15 is 0 Å². The molecule has 206 valence electrons. The van der Waals surface area contributed by atoms with Gasteiger partial charge in [-0.05, 0) is 61.1 Å². The zero-order valence-corrected chi connectivity index (χ0v) is 22.2. The number of likely N-dealkylation sites (tertiary alicyclic amines) is 2. The quantitative estimate of drug-likeness (QED) is 0.394. The van der Waals surface area contributed by atoms with E-state index in [2.05, 4.69) is 0 Å². The molecule has 2 fully saturated rings. The van der Waals surface area contributed by atoms with Crippen molar-refractivity contribution in [2.45, 2.75) is 51.0 Å². The first kappa shape index (κ1) is 27.1. The van der Waals surface area contributed by atoms with E-state index in [1.54, 1.807) is 34.1 Å². The van der Waals surface area contributed by atoms with Gasteiger partial charge in [-0.1, -0.05) is 60.7 Å². The fourth-order valence-electron chi connectivity index (χ4n) is 5.25. The number of hydrogen-bond acceptors (Lipinski definition) is 6. The summed E-state index contributed by atoms with van der Waals surface area (Å²) in [6, 6.07) is 23.9. The minimum absolute atomic E-state index is 0.159. The van der Waals surface area contributed by atoms with Gasteiger partial charge in [-0.15, -0.1) is 0 Å². The Balaban J connectivity index is 1.18. The summed E-state index contributed by atoms with van der Waals surface area (Å²) in [6.45, 7) is 1.24. The smallest absolute Gasteiger partial charge is 0.329 e. The van der Waals surface area contributed by atoms with Crippen molar-refractivity contribution in [3.8, 4) is 0 Å². The molecule has 2 aliphatic rings.